The number of anilines is 3. The second kappa shape index (κ2) is 9.47. The van der Waals surface area contributed by atoms with E-state index in [1.807, 2.05) is 41.5 Å². The number of hydrogen-bond acceptors (Lipinski definition) is 8. The molecule has 4 heterocycles. The molecule has 178 valence electrons. The number of H-pyrrole nitrogens is 1. The minimum atomic E-state index is -0.183. The first-order chi connectivity index (χ1) is 17.2. The Bertz CT molecular complexity index is 1410. The van der Waals surface area contributed by atoms with Crippen LogP contribution in [0.15, 0.2) is 61.2 Å². The molecule has 1 aliphatic rings. The maximum atomic E-state index is 9.85. The van der Waals surface area contributed by atoms with Crippen molar-refractivity contribution in [1.82, 2.24) is 29.9 Å². The van der Waals surface area contributed by atoms with Crippen LogP contribution in [0.3, 0.4) is 0 Å². The molecule has 0 amide bonds. The van der Waals surface area contributed by atoms with Crippen LogP contribution in [0.2, 0.25) is 0 Å². The standard InChI is InChI=1S/C25H26N8OS/c34-20-5-3-19(4-6-20)29-23-10-16(15-33-9-1-8-28-33)11-24(31-23)32-25-30-21-7-2-17(12-22(21)35-25)18-13-26-27-14-18/h1-2,7-14,19-20,34H,3-6,15H2,(H,26,27)(H2,29,30,31,32). The van der Waals surface area contributed by atoms with E-state index in [2.05, 4.69) is 44.1 Å². The second-order valence-electron chi connectivity index (χ2n) is 8.91. The Morgan fingerprint density at radius 2 is 1.94 bits per heavy atom. The maximum Gasteiger partial charge on any atom is 0.189 e. The van der Waals surface area contributed by atoms with Gasteiger partial charge in [0.05, 0.1) is 29.1 Å². The van der Waals surface area contributed by atoms with E-state index >= 15 is 0 Å². The summed E-state index contributed by atoms with van der Waals surface area (Å²) in [6.45, 7) is 0.649. The van der Waals surface area contributed by atoms with E-state index < -0.39 is 0 Å². The summed E-state index contributed by atoms with van der Waals surface area (Å²) in [5, 5.41) is 28.9. The zero-order chi connectivity index (χ0) is 23.6. The van der Waals surface area contributed by atoms with Gasteiger partial charge in [-0.05, 0) is 67.1 Å². The highest BCUT2D eigenvalue weighted by Crippen LogP contribution is 2.32. The number of fused-ring (bicyclic) bond motifs is 1. The van der Waals surface area contributed by atoms with Crippen molar-refractivity contribution < 1.29 is 5.11 Å². The van der Waals surface area contributed by atoms with Crippen LogP contribution in [0.25, 0.3) is 21.3 Å². The Morgan fingerprint density at radius 3 is 2.74 bits per heavy atom. The molecule has 1 fully saturated rings. The van der Waals surface area contributed by atoms with Gasteiger partial charge in [-0.3, -0.25) is 9.78 Å². The van der Waals surface area contributed by atoms with Crippen LogP contribution in [0.1, 0.15) is 31.2 Å². The topological polar surface area (TPSA) is 117 Å². The van der Waals surface area contributed by atoms with Crippen LogP contribution in [-0.4, -0.2) is 47.2 Å². The van der Waals surface area contributed by atoms with Crippen molar-refractivity contribution in [3.63, 3.8) is 0 Å². The monoisotopic (exact) mass is 486 g/mol. The average Bonchev–Trinajstić information content (AvgIpc) is 3.62. The van der Waals surface area contributed by atoms with Crippen molar-refractivity contribution in [3.8, 4) is 11.1 Å². The fourth-order valence-corrected chi connectivity index (χ4v) is 5.41. The van der Waals surface area contributed by atoms with E-state index in [9.17, 15) is 5.11 Å². The van der Waals surface area contributed by atoms with Gasteiger partial charge in [0.1, 0.15) is 11.6 Å². The first-order valence-electron chi connectivity index (χ1n) is 11.8. The molecule has 10 heteroatoms. The van der Waals surface area contributed by atoms with Gasteiger partial charge in [0, 0.05) is 30.2 Å². The van der Waals surface area contributed by atoms with Gasteiger partial charge in [0.15, 0.2) is 5.13 Å². The molecule has 0 radical (unpaired) electrons. The molecule has 4 aromatic heterocycles. The zero-order valence-electron chi connectivity index (χ0n) is 19.1. The van der Waals surface area contributed by atoms with Crippen molar-refractivity contribution >= 4 is 38.3 Å². The Kier molecular flexibility index (Phi) is 5.89. The van der Waals surface area contributed by atoms with Crippen molar-refractivity contribution in [2.45, 2.75) is 44.4 Å². The van der Waals surface area contributed by atoms with Crippen LogP contribution in [0.4, 0.5) is 16.8 Å². The molecule has 35 heavy (non-hydrogen) atoms. The molecule has 0 aliphatic heterocycles. The van der Waals surface area contributed by atoms with E-state index in [0.717, 1.165) is 69.4 Å². The van der Waals surface area contributed by atoms with E-state index in [4.69, 9.17) is 9.97 Å². The fourth-order valence-electron chi connectivity index (χ4n) is 4.50. The number of thiazole rings is 1. The predicted octanol–water partition coefficient (Wildman–Crippen LogP) is 4.79. The second-order valence-corrected chi connectivity index (χ2v) is 9.94. The van der Waals surface area contributed by atoms with E-state index in [0.29, 0.717) is 12.6 Å². The molecule has 0 bridgehead atoms. The average molecular weight is 487 g/mol. The number of benzene rings is 1. The highest BCUT2D eigenvalue weighted by molar-refractivity contribution is 7.22. The number of aromatic amines is 1. The van der Waals surface area contributed by atoms with Gasteiger partial charge in [-0.1, -0.05) is 17.4 Å². The lowest BCUT2D eigenvalue weighted by Gasteiger charge is -2.27. The molecular weight excluding hydrogens is 460 g/mol. The lowest BCUT2D eigenvalue weighted by Crippen LogP contribution is -2.28. The maximum absolute atomic E-state index is 9.85. The van der Waals surface area contributed by atoms with Gasteiger partial charge in [0.2, 0.25) is 0 Å². The Balaban J connectivity index is 1.27. The molecule has 9 nitrogen and oxygen atoms in total. The summed E-state index contributed by atoms with van der Waals surface area (Å²) in [7, 11) is 0. The third-order valence-electron chi connectivity index (χ3n) is 6.29. The number of nitrogens with one attached hydrogen (secondary N) is 3. The number of aromatic nitrogens is 6. The SMILES string of the molecule is OC1CCC(Nc2cc(Cn3cccn3)cc(Nc3nc4ccc(-c5cn[nH]c5)cc4s3)n2)CC1. The largest absolute Gasteiger partial charge is 0.393 e. The van der Waals surface area contributed by atoms with Crippen molar-refractivity contribution in [1.29, 1.82) is 0 Å². The van der Waals surface area contributed by atoms with Crippen LogP contribution >= 0.6 is 11.3 Å². The number of aliphatic hydroxyl groups excluding tert-OH is 1. The first kappa shape index (κ1) is 21.8. The molecule has 0 unspecified atom stereocenters. The summed E-state index contributed by atoms with van der Waals surface area (Å²) in [5.74, 6) is 1.56. The normalized spacial score (nSPS) is 18.1. The smallest absolute Gasteiger partial charge is 0.189 e. The quantitative estimate of drug-likeness (QED) is 0.261. The summed E-state index contributed by atoms with van der Waals surface area (Å²) in [6.07, 6.45) is 10.8. The van der Waals surface area contributed by atoms with Gasteiger partial charge >= 0.3 is 0 Å². The van der Waals surface area contributed by atoms with Gasteiger partial charge in [-0.2, -0.15) is 10.2 Å². The molecule has 1 saturated carbocycles. The molecular formula is C25H26N8OS. The fraction of sp³-hybridized carbons (Fsp3) is 0.280. The van der Waals surface area contributed by atoms with E-state index in [1.54, 1.807) is 17.5 Å². The minimum Gasteiger partial charge on any atom is -0.393 e. The predicted molar refractivity (Wildman–Crippen MR) is 138 cm³/mol. The van der Waals surface area contributed by atoms with Gasteiger partial charge < -0.3 is 15.7 Å². The number of nitrogens with zero attached hydrogens (tertiary/aromatic N) is 5. The number of pyridine rings is 1. The Labute approximate surface area is 206 Å². The number of aliphatic hydroxyl groups is 1. The van der Waals surface area contributed by atoms with Gasteiger partial charge in [-0.15, -0.1) is 0 Å². The van der Waals surface area contributed by atoms with Gasteiger partial charge in [0.25, 0.3) is 0 Å². The summed E-state index contributed by atoms with van der Waals surface area (Å²) in [5.41, 5.74) is 4.18. The summed E-state index contributed by atoms with van der Waals surface area (Å²) >= 11 is 1.60. The molecule has 1 aliphatic carbocycles. The first-order valence-corrected chi connectivity index (χ1v) is 12.6. The van der Waals surface area contributed by atoms with Crippen molar-refractivity contribution in [3.05, 3.63) is 66.7 Å². The molecule has 5 aromatic rings. The summed E-state index contributed by atoms with van der Waals surface area (Å²) in [4.78, 5) is 9.61. The van der Waals surface area contributed by atoms with Crippen molar-refractivity contribution in [2.75, 3.05) is 10.6 Å². The van der Waals surface area contributed by atoms with E-state index in [1.165, 1.54) is 0 Å². The highest BCUT2D eigenvalue weighted by Gasteiger charge is 2.20. The van der Waals surface area contributed by atoms with Crippen LogP contribution in [0.5, 0.6) is 0 Å². The summed E-state index contributed by atoms with van der Waals surface area (Å²) < 4.78 is 2.99. The van der Waals surface area contributed by atoms with Crippen LogP contribution in [-0.2, 0) is 6.54 Å². The molecule has 6 rings (SSSR count). The lowest BCUT2D eigenvalue weighted by molar-refractivity contribution is 0.126. The zero-order valence-corrected chi connectivity index (χ0v) is 19.9. The third kappa shape index (κ3) is 5.03. The number of hydrogen-bond donors (Lipinski definition) is 4. The van der Waals surface area contributed by atoms with Gasteiger partial charge in [-0.25, -0.2) is 9.97 Å². The Hall–Kier alpha value is -3.76. The molecule has 0 atom stereocenters. The Morgan fingerprint density at radius 1 is 1.06 bits per heavy atom. The van der Waals surface area contributed by atoms with Crippen LogP contribution in [0, 0.1) is 0 Å². The highest BCUT2D eigenvalue weighted by atomic mass is 32.1. The van der Waals surface area contributed by atoms with Crippen molar-refractivity contribution in [2.24, 2.45) is 0 Å². The molecule has 0 saturated heterocycles. The molecule has 1 aromatic carbocycles. The molecule has 4 N–H and O–H groups in total. The number of rotatable bonds is 7. The van der Waals surface area contributed by atoms with E-state index in [-0.39, 0.29) is 6.10 Å². The lowest BCUT2D eigenvalue weighted by atomic mass is 9.93. The summed E-state index contributed by atoms with van der Waals surface area (Å²) in [6, 6.07) is 12.6. The minimum absolute atomic E-state index is 0.183. The molecule has 0 spiro atoms. The third-order valence-corrected chi connectivity index (χ3v) is 7.23. The van der Waals surface area contributed by atoms with Crippen LogP contribution < -0.4 is 10.6 Å².